The summed E-state index contributed by atoms with van der Waals surface area (Å²) in [5.41, 5.74) is 0.152. The average molecular weight is 226 g/mol. The minimum atomic E-state index is -1.01. The van der Waals surface area contributed by atoms with Gasteiger partial charge in [0.05, 0.1) is 12.2 Å². The van der Waals surface area contributed by atoms with Gasteiger partial charge in [-0.05, 0) is 18.2 Å². The molecule has 1 rings (SSSR count). The van der Waals surface area contributed by atoms with Crippen LogP contribution >= 0.6 is 0 Å². The fourth-order valence-electron chi connectivity index (χ4n) is 1.15. The third-order valence-corrected chi connectivity index (χ3v) is 1.88. The molecule has 2 N–H and O–H groups in total. The zero-order valence-corrected chi connectivity index (χ0v) is 8.92. The van der Waals surface area contributed by atoms with E-state index in [2.05, 4.69) is 0 Å². The van der Waals surface area contributed by atoms with Crippen molar-refractivity contribution in [3.8, 4) is 5.75 Å². The first-order chi connectivity index (χ1) is 7.63. The summed E-state index contributed by atoms with van der Waals surface area (Å²) < 4.78 is 9.95. The van der Waals surface area contributed by atoms with Crippen LogP contribution < -0.4 is 4.74 Å². The Morgan fingerprint density at radius 3 is 2.81 bits per heavy atom. The van der Waals surface area contributed by atoms with Crippen molar-refractivity contribution in [2.24, 2.45) is 0 Å². The van der Waals surface area contributed by atoms with Crippen molar-refractivity contribution in [2.75, 3.05) is 20.3 Å². The van der Waals surface area contributed by atoms with Crippen LogP contribution in [0.15, 0.2) is 24.3 Å². The van der Waals surface area contributed by atoms with Crippen molar-refractivity contribution in [1.82, 2.24) is 0 Å². The molecule has 0 aliphatic carbocycles. The highest BCUT2D eigenvalue weighted by atomic mass is 16.5. The van der Waals surface area contributed by atoms with Crippen molar-refractivity contribution >= 4 is 5.97 Å². The lowest BCUT2D eigenvalue weighted by Crippen LogP contribution is -2.22. The molecule has 0 bridgehead atoms. The molecule has 88 valence electrons. The fraction of sp³-hybridized carbons (Fsp3) is 0.364. The number of ether oxygens (including phenoxy) is 2. The summed E-state index contributed by atoms with van der Waals surface area (Å²) in [6.07, 6.45) is -0.724. The first-order valence-electron chi connectivity index (χ1n) is 4.76. The van der Waals surface area contributed by atoms with E-state index in [0.717, 1.165) is 0 Å². The second-order valence-corrected chi connectivity index (χ2v) is 3.25. The van der Waals surface area contributed by atoms with Gasteiger partial charge in [-0.25, -0.2) is 4.79 Å². The molecule has 0 heterocycles. The molecule has 1 aromatic rings. The molecule has 16 heavy (non-hydrogen) atoms. The third kappa shape index (κ3) is 3.88. The highest BCUT2D eigenvalue weighted by Crippen LogP contribution is 2.13. The van der Waals surface area contributed by atoms with Crippen molar-refractivity contribution in [3.05, 3.63) is 29.8 Å². The number of methoxy groups -OCH3 is 1. The number of carbonyl (C=O) groups is 1. The zero-order chi connectivity index (χ0) is 12.0. The second kappa shape index (κ2) is 6.09. The van der Waals surface area contributed by atoms with Crippen LogP contribution in [0.25, 0.3) is 0 Å². The van der Waals surface area contributed by atoms with E-state index >= 15 is 0 Å². The van der Waals surface area contributed by atoms with E-state index in [4.69, 9.17) is 14.6 Å². The molecule has 5 heteroatoms. The summed E-state index contributed by atoms with van der Waals surface area (Å²) in [5, 5.41) is 18.1. The van der Waals surface area contributed by atoms with Gasteiger partial charge in [0.2, 0.25) is 0 Å². The first-order valence-corrected chi connectivity index (χ1v) is 4.76. The normalized spacial score (nSPS) is 12.1. The predicted molar refractivity (Wildman–Crippen MR) is 56.8 cm³/mol. The van der Waals surface area contributed by atoms with Crippen LogP contribution in [0.1, 0.15) is 10.4 Å². The number of hydrogen-bond acceptors (Lipinski definition) is 4. The lowest BCUT2D eigenvalue weighted by atomic mass is 10.2. The molecule has 0 radical (unpaired) electrons. The van der Waals surface area contributed by atoms with Crippen LogP contribution in [0, 0.1) is 0 Å². The van der Waals surface area contributed by atoms with Crippen LogP contribution in [-0.4, -0.2) is 42.6 Å². The first kappa shape index (κ1) is 12.5. The maximum absolute atomic E-state index is 10.7. The van der Waals surface area contributed by atoms with Gasteiger partial charge in [-0.1, -0.05) is 6.07 Å². The highest BCUT2D eigenvalue weighted by Gasteiger charge is 2.06. The number of carboxylic acids is 1. The molecular formula is C11H14O5. The fourth-order valence-corrected chi connectivity index (χ4v) is 1.15. The Labute approximate surface area is 93.2 Å². The topological polar surface area (TPSA) is 76.0 Å². The summed E-state index contributed by atoms with van der Waals surface area (Å²) in [6.45, 7) is 0.246. The maximum atomic E-state index is 10.7. The number of aliphatic hydroxyl groups is 1. The Morgan fingerprint density at radius 1 is 1.44 bits per heavy atom. The van der Waals surface area contributed by atoms with Crippen LogP contribution in [0.5, 0.6) is 5.75 Å². The maximum Gasteiger partial charge on any atom is 0.335 e. The zero-order valence-electron chi connectivity index (χ0n) is 8.92. The Balaban J connectivity index is 2.54. The van der Waals surface area contributed by atoms with Crippen molar-refractivity contribution in [2.45, 2.75) is 6.10 Å². The van der Waals surface area contributed by atoms with Gasteiger partial charge in [-0.2, -0.15) is 0 Å². The monoisotopic (exact) mass is 226 g/mol. The van der Waals surface area contributed by atoms with Crippen molar-refractivity contribution < 1.29 is 24.5 Å². The lowest BCUT2D eigenvalue weighted by Gasteiger charge is -2.11. The summed E-state index contributed by atoms with van der Waals surface area (Å²) in [5.74, 6) is -0.599. The van der Waals surface area contributed by atoms with E-state index in [1.807, 2.05) is 0 Å². The SMILES string of the molecule is COCC(O)COc1cccc(C(=O)O)c1. The number of aromatic carboxylic acids is 1. The van der Waals surface area contributed by atoms with Gasteiger partial charge in [0, 0.05) is 7.11 Å². The van der Waals surface area contributed by atoms with E-state index in [1.54, 1.807) is 12.1 Å². The molecule has 0 aromatic heterocycles. The van der Waals surface area contributed by atoms with E-state index in [0.29, 0.717) is 5.75 Å². The largest absolute Gasteiger partial charge is 0.491 e. The number of aliphatic hydroxyl groups excluding tert-OH is 1. The van der Waals surface area contributed by atoms with Gasteiger partial charge in [0.25, 0.3) is 0 Å². The van der Waals surface area contributed by atoms with Crippen LogP contribution in [-0.2, 0) is 4.74 Å². The smallest absolute Gasteiger partial charge is 0.335 e. The molecule has 0 fully saturated rings. The average Bonchev–Trinajstić information content (AvgIpc) is 2.27. The van der Waals surface area contributed by atoms with E-state index < -0.39 is 12.1 Å². The molecule has 0 aliphatic heterocycles. The molecule has 1 atom stereocenters. The predicted octanol–water partition coefficient (Wildman–Crippen LogP) is 0.771. The summed E-state index contributed by atoms with van der Waals surface area (Å²) in [6, 6.07) is 6.09. The van der Waals surface area contributed by atoms with Gasteiger partial charge >= 0.3 is 5.97 Å². The minimum Gasteiger partial charge on any atom is -0.491 e. The van der Waals surface area contributed by atoms with Gasteiger partial charge in [-0.15, -0.1) is 0 Å². The van der Waals surface area contributed by atoms with Gasteiger partial charge in [-0.3, -0.25) is 0 Å². The van der Waals surface area contributed by atoms with Crippen molar-refractivity contribution in [1.29, 1.82) is 0 Å². The molecular weight excluding hydrogens is 212 g/mol. The molecule has 1 aromatic carbocycles. The van der Waals surface area contributed by atoms with Crippen molar-refractivity contribution in [3.63, 3.8) is 0 Å². The molecule has 1 unspecified atom stereocenters. The van der Waals surface area contributed by atoms with E-state index in [-0.39, 0.29) is 18.8 Å². The Kier molecular flexibility index (Phi) is 4.75. The van der Waals surface area contributed by atoms with Crippen LogP contribution in [0.3, 0.4) is 0 Å². The number of carboxylic acid groups (broad SMARTS) is 1. The van der Waals surface area contributed by atoms with E-state index in [9.17, 15) is 9.90 Å². The number of benzene rings is 1. The second-order valence-electron chi connectivity index (χ2n) is 3.25. The molecule has 5 nitrogen and oxygen atoms in total. The Morgan fingerprint density at radius 2 is 2.19 bits per heavy atom. The quantitative estimate of drug-likeness (QED) is 0.749. The van der Waals surface area contributed by atoms with Gasteiger partial charge in [0.15, 0.2) is 0 Å². The molecule has 0 aliphatic rings. The molecule has 0 saturated heterocycles. The minimum absolute atomic E-state index is 0.0664. The van der Waals surface area contributed by atoms with Gasteiger partial charge in [0.1, 0.15) is 18.5 Å². The number of hydrogen-bond donors (Lipinski definition) is 2. The summed E-state index contributed by atoms with van der Waals surface area (Å²) in [7, 11) is 1.48. The number of rotatable bonds is 6. The van der Waals surface area contributed by atoms with Crippen LogP contribution in [0.4, 0.5) is 0 Å². The Hall–Kier alpha value is -1.59. The lowest BCUT2D eigenvalue weighted by molar-refractivity contribution is 0.0325. The summed E-state index contributed by atoms with van der Waals surface area (Å²) >= 11 is 0. The Bertz CT molecular complexity index is 350. The molecule has 0 saturated carbocycles. The van der Waals surface area contributed by atoms with Gasteiger partial charge < -0.3 is 19.7 Å². The third-order valence-electron chi connectivity index (χ3n) is 1.88. The van der Waals surface area contributed by atoms with E-state index in [1.165, 1.54) is 19.2 Å². The summed E-state index contributed by atoms with van der Waals surface area (Å²) in [4.78, 5) is 10.7. The molecule has 0 spiro atoms. The standard InChI is InChI=1S/C11H14O5/c1-15-6-9(12)7-16-10-4-2-3-8(5-10)11(13)14/h2-5,9,12H,6-7H2,1H3,(H,13,14). The van der Waals surface area contributed by atoms with Crippen LogP contribution in [0.2, 0.25) is 0 Å². The highest BCUT2D eigenvalue weighted by molar-refractivity contribution is 5.87. The molecule has 0 amide bonds.